The minimum Gasteiger partial charge on any atom is -0.118 e. The fourth-order valence-corrected chi connectivity index (χ4v) is 1.00. The summed E-state index contributed by atoms with van der Waals surface area (Å²) in [6.45, 7) is 5.76. The Kier molecular flexibility index (Phi) is 2.34. The zero-order chi connectivity index (χ0) is 7.56. The zero-order valence-electron chi connectivity index (χ0n) is 5.97. The summed E-state index contributed by atoms with van der Waals surface area (Å²) in [4.78, 5) is 0. The molecule has 1 aromatic carbocycles. The van der Waals surface area contributed by atoms with Crippen LogP contribution in [0.2, 0.25) is 0 Å². The molecule has 0 spiro atoms. The van der Waals surface area contributed by atoms with E-state index in [0.717, 1.165) is 5.56 Å². The van der Waals surface area contributed by atoms with E-state index >= 15 is 0 Å². The predicted molar refractivity (Wildman–Crippen MR) is 45.1 cm³/mol. The molecule has 1 heteroatoms. The lowest BCUT2D eigenvalue weighted by molar-refractivity contribution is 1.20. The monoisotopic (exact) mass is 153 g/mol. The lowest BCUT2D eigenvalue weighted by Gasteiger charge is -2.02. The molecule has 0 aliphatic heterocycles. The van der Waals surface area contributed by atoms with E-state index in [4.69, 9.17) is 11.6 Å². The van der Waals surface area contributed by atoms with Gasteiger partial charge in [-0.05, 0) is 19.4 Å². The molecule has 53 valence electrons. The molecule has 1 unspecified atom stereocenters. The molecule has 0 nitrogen and oxygen atoms in total. The third-order valence-electron chi connectivity index (χ3n) is 1.40. The van der Waals surface area contributed by atoms with Gasteiger partial charge in [0.2, 0.25) is 0 Å². The molecule has 10 heavy (non-hydrogen) atoms. The highest BCUT2D eigenvalue weighted by Crippen LogP contribution is 2.18. The molecule has 1 radical (unpaired) electrons. The minimum atomic E-state index is -0.125. The summed E-state index contributed by atoms with van der Waals surface area (Å²) in [6, 6.07) is 8.07. The maximum absolute atomic E-state index is 5.76. The van der Waals surface area contributed by atoms with Gasteiger partial charge < -0.3 is 0 Å². The van der Waals surface area contributed by atoms with Gasteiger partial charge in [-0.1, -0.05) is 29.8 Å². The van der Waals surface area contributed by atoms with Crippen LogP contribution in [-0.4, -0.2) is 0 Å². The second-order valence-corrected chi connectivity index (χ2v) is 2.91. The Bertz CT molecular complexity index is 216. The maximum atomic E-state index is 5.76. The van der Waals surface area contributed by atoms with Crippen LogP contribution in [0.4, 0.5) is 0 Å². The second kappa shape index (κ2) is 3.07. The highest BCUT2D eigenvalue weighted by Gasteiger charge is 1.98. The number of rotatable bonds is 1. The average molecular weight is 154 g/mol. The molecular formula is C9H10Cl. The molecule has 1 aromatic rings. The van der Waals surface area contributed by atoms with Crippen LogP contribution in [-0.2, 0) is 0 Å². The summed E-state index contributed by atoms with van der Waals surface area (Å²) in [7, 11) is 0. The highest BCUT2D eigenvalue weighted by atomic mass is 35.5. The van der Waals surface area contributed by atoms with E-state index in [2.05, 4.69) is 6.92 Å². The van der Waals surface area contributed by atoms with Crippen molar-refractivity contribution in [1.82, 2.24) is 0 Å². The Morgan fingerprint density at radius 2 is 2.20 bits per heavy atom. The maximum Gasteiger partial charge on any atom is 0.0586 e. The van der Waals surface area contributed by atoms with Crippen LogP contribution in [0.25, 0.3) is 0 Å². The van der Waals surface area contributed by atoms with Crippen molar-refractivity contribution in [2.45, 2.75) is 12.3 Å². The van der Waals surface area contributed by atoms with Crippen molar-refractivity contribution in [3.63, 3.8) is 0 Å². The molecule has 0 aromatic heterocycles. The number of hydrogen-bond acceptors (Lipinski definition) is 0. The number of hydrogen-bond donors (Lipinski definition) is 0. The molecule has 1 atom stereocenters. The van der Waals surface area contributed by atoms with Gasteiger partial charge in [0.1, 0.15) is 0 Å². The molecule has 0 amide bonds. The Hall–Kier alpha value is -0.490. The fourth-order valence-electron chi connectivity index (χ4n) is 0.865. The van der Waals surface area contributed by atoms with Crippen LogP contribution in [0, 0.1) is 13.8 Å². The minimum absolute atomic E-state index is 0.125. The number of benzene rings is 1. The number of aryl methyl sites for hydroxylation is 1. The molecule has 0 saturated heterocycles. The predicted octanol–water partition coefficient (Wildman–Crippen LogP) is 3.11. The normalized spacial score (nSPS) is 13.1. The topological polar surface area (TPSA) is 0 Å². The number of halogens is 1. The Balaban J connectivity index is 2.96. The van der Waals surface area contributed by atoms with Crippen molar-refractivity contribution in [1.29, 1.82) is 0 Å². The van der Waals surface area contributed by atoms with Crippen molar-refractivity contribution in [2.24, 2.45) is 0 Å². The summed E-state index contributed by atoms with van der Waals surface area (Å²) >= 11 is 5.76. The van der Waals surface area contributed by atoms with Crippen LogP contribution in [0.5, 0.6) is 0 Å². The third-order valence-corrected chi connectivity index (χ3v) is 1.66. The quantitative estimate of drug-likeness (QED) is 0.544. The van der Waals surface area contributed by atoms with Crippen LogP contribution < -0.4 is 0 Å². The van der Waals surface area contributed by atoms with Gasteiger partial charge in [0, 0.05) is 0 Å². The van der Waals surface area contributed by atoms with Crippen LogP contribution >= 0.6 is 11.6 Å². The van der Waals surface area contributed by atoms with E-state index in [9.17, 15) is 0 Å². The van der Waals surface area contributed by atoms with Gasteiger partial charge in [0.05, 0.1) is 5.38 Å². The molecule has 0 fully saturated rings. The van der Waals surface area contributed by atoms with Gasteiger partial charge in [-0.25, -0.2) is 0 Å². The lowest BCUT2D eigenvalue weighted by atomic mass is 10.1. The molecule has 0 heterocycles. The molecular weight excluding hydrogens is 144 g/mol. The van der Waals surface area contributed by atoms with Crippen LogP contribution in [0.1, 0.15) is 16.5 Å². The van der Waals surface area contributed by atoms with Crippen molar-refractivity contribution in [2.75, 3.05) is 0 Å². The second-order valence-electron chi connectivity index (χ2n) is 2.38. The van der Waals surface area contributed by atoms with E-state index in [1.165, 1.54) is 5.56 Å². The van der Waals surface area contributed by atoms with E-state index in [0.29, 0.717) is 0 Å². The first-order chi connectivity index (χ1) is 4.70. The molecule has 0 aliphatic carbocycles. The first kappa shape index (κ1) is 7.62. The molecule has 0 aliphatic rings. The fraction of sp³-hybridized carbons (Fsp3) is 0.222. The lowest BCUT2D eigenvalue weighted by Crippen LogP contribution is -1.83. The SMILES string of the molecule is [CH2]C(Cl)c1cccc(C)c1. The summed E-state index contributed by atoms with van der Waals surface area (Å²) in [5, 5.41) is -0.125. The Labute approximate surface area is 66.8 Å². The average Bonchev–Trinajstić information content (AvgIpc) is 1.88. The summed E-state index contributed by atoms with van der Waals surface area (Å²) in [5.74, 6) is 0. The smallest absolute Gasteiger partial charge is 0.0586 e. The molecule has 1 rings (SSSR count). The summed E-state index contributed by atoms with van der Waals surface area (Å²) in [6.07, 6.45) is 0. The number of alkyl halides is 1. The first-order valence-corrected chi connectivity index (χ1v) is 3.67. The third kappa shape index (κ3) is 1.74. The van der Waals surface area contributed by atoms with Crippen molar-refractivity contribution in [3.05, 3.63) is 42.3 Å². The Morgan fingerprint density at radius 1 is 1.50 bits per heavy atom. The van der Waals surface area contributed by atoms with Crippen LogP contribution in [0.15, 0.2) is 24.3 Å². The van der Waals surface area contributed by atoms with Gasteiger partial charge in [-0.15, -0.1) is 11.6 Å². The molecule has 0 bridgehead atoms. The van der Waals surface area contributed by atoms with E-state index in [1.54, 1.807) is 0 Å². The standard InChI is InChI=1S/C9H10Cl/c1-7-4-3-5-9(6-7)8(2)10/h3-6,8H,2H2,1H3. The van der Waals surface area contributed by atoms with Crippen LogP contribution in [0.3, 0.4) is 0 Å². The van der Waals surface area contributed by atoms with Gasteiger partial charge in [0.25, 0.3) is 0 Å². The van der Waals surface area contributed by atoms with E-state index in [-0.39, 0.29) is 5.38 Å². The van der Waals surface area contributed by atoms with E-state index in [1.807, 2.05) is 31.2 Å². The Morgan fingerprint density at radius 3 is 2.60 bits per heavy atom. The van der Waals surface area contributed by atoms with Gasteiger partial charge in [0.15, 0.2) is 0 Å². The first-order valence-electron chi connectivity index (χ1n) is 3.24. The molecule has 0 N–H and O–H groups in total. The van der Waals surface area contributed by atoms with Crippen molar-refractivity contribution in [3.8, 4) is 0 Å². The largest absolute Gasteiger partial charge is 0.118 e. The highest BCUT2D eigenvalue weighted by molar-refractivity contribution is 6.21. The van der Waals surface area contributed by atoms with Crippen molar-refractivity contribution >= 4 is 11.6 Å². The van der Waals surface area contributed by atoms with Gasteiger partial charge in [-0.2, -0.15) is 0 Å². The molecule has 0 saturated carbocycles. The zero-order valence-corrected chi connectivity index (χ0v) is 6.73. The summed E-state index contributed by atoms with van der Waals surface area (Å²) in [5.41, 5.74) is 2.31. The van der Waals surface area contributed by atoms with E-state index < -0.39 is 0 Å². The van der Waals surface area contributed by atoms with Crippen molar-refractivity contribution < 1.29 is 0 Å². The van der Waals surface area contributed by atoms with Gasteiger partial charge >= 0.3 is 0 Å². The summed E-state index contributed by atoms with van der Waals surface area (Å²) < 4.78 is 0. The van der Waals surface area contributed by atoms with Gasteiger partial charge in [-0.3, -0.25) is 0 Å².